The van der Waals surface area contributed by atoms with E-state index in [1.54, 1.807) is 18.3 Å². The Morgan fingerprint density at radius 2 is 2.00 bits per heavy atom. The highest BCUT2D eigenvalue weighted by Gasteiger charge is 2.14. The van der Waals surface area contributed by atoms with Crippen molar-refractivity contribution in [2.45, 2.75) is 0 Å². The second-order valence-corrected chi connectivity index (χ2v) is 3.11. The molecule has 76 valence electrons. The molecule has 2 aromatic rings. The Kier molecular flexibility index (Phi) is 2.17. The van der Waals surface area contributed by atoms with Crippen LogP contribution in [0.25, 0.3) is 0 Å². The molecule has 1 aromatic carbocycles. The van der Waals surface area contributed by atoms with Gasteiger partial charge in [0.05, 0.1) is 11.3 Å². The van der Waals surface area contributed by atoms with E-state index in [4.69, 9.17) is 0 Å². The molecular weight excluding hydrogens is 194 g/mol. The first-order valence-electron chi connectivity index (χ1n) is 4.38. The number of phenols is 2. The molecule has 0 unspecified atom stereocenters. The number of nitrogens with one attached hydrogen (secondary N) is 1. The van der Waals surface area contributed by atoms with E-state index in [1.807, 2.05) is 0 Å². The minimum atomic E-state index is -0.353. The third kappa shape index (κ3) is 1.69. The Morgan fingerprint density at radius 3 is 2.67 bits per heavy atom. The number of carbonyl (C=O) groups excluding carboxylic acids is 1. The van der Waals surface area contributed by atoms with E-state index in [0.29, 0.717) is 5.69 Å². The number of H-pyrrole nitrogens is 1. The molecule has 0 aliphatic rings. The van der Waals surface area contributed by atoms with E-state index in [0.717, 1.165) is 0 Å². The van der Waals surface area contributed by atoms with Crippen LogP contribution in [0.3, 0.4) is 0 Å². The average Bonchev–Trinajstić information content (AvgIpc) is 2.74. The zero-order valence-corrected chi connectivity index (χ0v) is 7.77. The molecule has 1 aromatic heterocycles. The third-order valence-corrected chi connectivity index (χ3v) is 2.07. The maximum atomic E-state index is 11.8. The average molecular weight is 203 g/mol. The van der Waals surface area contributed by atoms with E-state index in [-0.39, 0.29) is 22.8 Å². The molecule has 0 saturated heterocycles. The predicted octanol–water partition coefficient (Wildman–Crippen LogP) is 1.66. The predicted molar refractivity (Wildman–Crippen MR) is 54.0 cm³/mol. The van der Waals surface area contributed by atoms with Gasteiger partial charge >= 0.3 is 0 Å². The summed E-state index contributed by atoms with van der Waals surface area (Å²) in [7, 11) is 0. The Labute approximate surface area is 85.8 Å². The fourth-order valence-electron chi connectivity index (χ4n) is 1.32. The molecule has 0 atom stereocenters. The van der Waals surface area contributed by atoms with Gasteiger partial charge < -0.3 is 15.2 Å². The highest BCUT2D eigenvalue weighted by molar-refractivity contribution is 6.09. The number of hydrogen-bond acceptors (Lipinski definition) is 3. The number of rotatable bonds is 2. The lowest BCUT2D eigenvalue weighted by Crippen LogP contribution is -2.01. The van der Waals surface area contributed by atoms with Crippen LogP contribution in [-0.4, -0.2) is 21.0 Å². The zero-order valence-electron chi connectivity index (χ0n) is 7.77. The molecule has 0 saturated carbocycles. The molecule has 3 N–H and O–H groups in total. The standard InChI is InChI=1S/C11H9NO3/c13-7-3-4-10(14)8(6-7)11(15)9-2-1-5-12-9/h1-6,12-14H. The summed E-state index contributed by atoms with van der Waals surface area (Å²) in [6.45, 7) is 0. The summed E-state index contributed by atoms with van der Waals surface area (Å²) in [6, 6.07) is 7.13. The van der Waals surface area contributed by atoms with Gasteiger partial charge in [-0.25, -0.2) is 0 Å². The van der Waals surface area contributed by atoms with Crippen molar-refractivity contribution < 1.29 is 15.0 Å². The Morgan fingerprint density at radius 1 is 1.20 bits per heavy atom. The zero-order chi connectivity index (χ0) is 10.8. The van der Waals surface area contributed by atoms with Crippen molar-refractivity contribution in [1.82, 2.24) is 4.98 Å². The maximum Gasteiger partial charge on any atom is 0.213 e. The van der Waals surface area contributed by atoms with Crippen LogP contribution in [0.5, 0.6) is 11.5 Å². The van der Waals surface area contributed by atoms with Gasteiger partial charge in [0.25, 0.3) is 0 Å². The van der Waals surface area contributed by atoms with Gasteiger partial charge in [-0.2, -0.15) is 0 Å². The summed E-state index contributed by atoms with van der Waals surface area (Å²) >= 11 is 0. The second-order valence-electron chi connectivity index (χ2n) is 3.11. The molecule has 0 fully saturated rings. The van der Waals surface area contributed by atoms with Gasteiger partial charge in [-0.1, -0.05) is 0 Å². The fraction of sp³-hybridized carbons (Fsp3) is 0. The summed E-state index contributed by atoms with van der Waals surface area (Å²) in [5.41, 5.74) is 0.452. The van der Waals surface area contributed by atoms with Crippen LogP contribution in [0.2, 0.25) is 0 Å². The number of phenolic OH excluding ortho intramolecular Hbond substituents is 2. The van der Waals surface area contributed by atoms with Crippen LogP contribution in [0.4, 0.5) is 0 Å². The van der Waals surface area contributed by atoms with Crippen molar-refractivity contribution in [3.63, 3.8) is 0 Å². The van der Waals surface area contributed by atoms with Crippen LogP contribution < -0.4 is 0 Å². The topological polar surface area (TPSA) is 73.3 Å². The molecule has 2 rings (SSSR count). The number of aromatic hydroxyl groups is 2. The van der Waals surface area contributed by atoms with Crippen LogP contribution in [-0.2, 0) is 0 Å². The summed E-state index contributed by atoms with van der Waals surface area (Å²) in [6.07, 6.45) is 1.62. The van der Waals surface area contributed by atoms with E-state index < -0.39 is 0 Å². The number of aromatic nitrogens is 1. The van der Waals surface area contributed by atoms with Gasteiger partial charge in [0.15, 0.2) is 0 Å². The third-order valence-electron chi connectivity index (χ3n) is 2.07. The number of ketones is 1. The van der Waals surface area contributed by atoms with E-state index in [1.165, 1.54) is 18.2 Å². The fourth-order valence-corrected chi connectivity index (χ4v) is 1.32. The van der Waals surface area contributed by atoms with Crippen LogP contribution in [0, 0.1) is 0 Å². The number of benzene rings is 1. The SMILES string of the molecule is O=C(c1ccc[nH]1)c1cc(O)ccc1O. The quantitative estimate of drug-likeness (QED) is 0.513. The van der Waals surface area contributed by atoms with Crippen molar-refractivity contribution in [1.29, 1.82) is 0 Å². The molecule has 0 spiro atoms. The minimum Gasteiger partial charge on any atom is -0.508 e. The van der Waals surface area contributed by atoms with Crippen molar-refractivity contribution in [2.75, 3.05) is 0 Å². The lowest BCUT2D eigenvalue weighted by molar-refractivity contribution is 0.103. The van der Waals surface area contributed by atoms with E-state index in [2.05, 4.69) is 4.98 Å². The Balaban J connectivity index is 2.46. The smallest absolute Gasteiger partial charge is 0.213 e. The van der Waals surface area contributed by atoms with Crippen molar-refractivity contribution in [3.8, 4) is 11.5 Å². The van der Waals surface area contributed by atoms with Gasteiger partial charge in [-0.15, -0.1) is 0 Å². The number of aromatic amines is 1. The molecule has 0 radical (unpaired) electrons. The molecule has 4 nitrogen and oxygen atoms in total. The van der Waals surface area contributed by atoms with Crippen molar-refractivity contribution in [2.24, 2.45) is 0 Å². The van der Waals surface area contributed by atoms with Crippen LogP contribution in [0.15, 0.2) is 36.5 Å². The lowest BCUT2D eigenvalue weighted by Gasteiger charge is -2.02. The first-order chi connectivity index (χ1) is 7.18. The first kappa shape index (κ1) is 9.33. The van der Waals surface area contributed by atoms with Gasteiger partial charge in [0, 0.05) is 6.20 Å². The lowest BCUT2D eigenvalue weighted by atomic mass is 10.1. The summed E-state index contributed by atoms with van der Waals surface area (Å²) in [5.74, 6) is -0.552. The second kappa shape index (κ2) is 3.49. The molecule has 1 heterocycles. The molecule has 4 heteroatoms. The monoisotopic (exact) mass is 203 g/mol. The van der Waals surface area contributed by atoms with Crippen LogP contribution in [0.1, 0.15) is 16.1 Å². The van der Waals surface area contributed by atoms with Gasteiger partial charge in [0.1, 0.15) is 11.5 Å². The highest BCUT2D eigenvalue weighted by atomic mass is 16.3. The van der Waals surface area contributed by atoms with E-state index in [9.17, 15) is 15.0 Å². The molecule has 0 aliphatic heterocycles. The highest BCUT2D eigenvalue weighted by Crippen LogP contribution is 2.24. The Bertz CT molecular complexity index is 489. The molecule has 0 amide bonds. The summed E-state index contributed by atoms with van der Waals surface area (Å²) in [4.78, 5) is 14.5. The minimum absolute atomic E-state index is 0.0530. The Hall–Kier alpha value is -2.23. The summed E-state index contributed by atoms with van der Waals surface area (Å²) in [5, 5.41) is 18.7. The molecular formula is C11H9NO3. The van der Waals surface area contributed by atoms with Crippen molar-refractivity contribution >= 4 is 5.78 Å². The molecule has 15 heavy (non-hydrogen) atoms. The number of hydrogen-bond donors (Lipinski definition) is 3. The largest absolute Gasteiger partial charge is 0.508 e. The number of carbonyl (C=O) groups is 1. The van der Waals surface area contributed by atoms with Crippen LogP contribution >= 0.6 is 0 Å². The van der Waals surface area contributed by atoms with Crippen molar-refractivity contribution in [3.05, 3.63) is 47.8 Å². The molecule has 0 bridgehead atoms. The first-order valence-corrected chi connectivity index (χ1v) is 4.38. The normalized spacial score (nSPS) is 10.1. The summed E-state index contributed by atoms with van der Waals surface area (Å²) < 4.78 is 0. The van der Waals surface area contributed by atoms with Gasteiger partial charge in [-0.05, 0) is 30.3 Å². The van der Waals surface area contributed by atoms with Gasteiger partial charge in [0.2, 0.25) is 5.78 Å². The molecule has 0 aliphatic carbocycles. The van der Waals surface area contributed by atoms with Gasteiger partial charge in [-0.3, -0.25) is 4.79 Å². The maximum absolute atomic E-state index is 11.8. The van der Waals surface area contributed by atoms with E-state index >= 15 is 0 Å².